The summed E-state index contributed by atoms with van der Waals surface area (Å²) in [5.74, 6) is 1.24. The number of oxazole rings is 1. The summed E-state index contributed by atoms with van der Waals surface area (Å²) >= 11 is 0. The van der Waals surface area contributed by atoms with Crippen LogP contribution in [0.25, 0.3) is 11.1 Å². The Kier molecular flexibility index (Phi) is 3.99. The van der Waals surface area contributed by atoms with E-state index >= 15 is 0 Å². The first-order valence-electron chi connectivity index (χ1n) is 6.39. The Bertz CT molecular complexity index is 519. The highest BCUT2D eigenvalue weighted by Gasteiger charge is 2.10. The number of hydrogen-bond acceptors (Lipinski definition) is 4. The minimum absolute atomic E-state index is 0.347. The van der Waals surface area contributed by atoms with Crippen molar-refractivity contribution in [3.8, 4) is 0 Å². The summed E-state index contributed by atoms with van der Waals surface area (Å²) < 4.78 is 5.46. The smallest absolute Gasteiger partial charge is 0.192 e. The number of aryl methyl sites for hydroxylation is 1. The van der Waals surface area contributed by atoms with Crippen LogP contribution in [0.2, 0.25) is 0 Å². The van der Waals surface area contributed by atoms with Gasteiger partial charge < -0.3 is 15.5 Å². The van der Waals surface area contributed by atoms with Gasteiger partial charge in [0.1, 0.15) is 5.52 Å². The van der Waals surface area contributed by atoms with Crippen molar-refractivity contribution < 1.29 is 4.42 Å². The molecule has 0 amide bonds. The standard InChI is InChI=1S/C14H21N3O/c1-9(2)13(7-15)16-8-11-4-5-14-12(6-11)17-10(3)18-14/h4-6,9,13,16H,7-8,15H2,1-3H3. The zero-order valence-corrected chi connectivity index (χ0v) is 11.2. The van der Waals surface area contributed by atoms with Crippen molar-refractivity contribution in [1.29, 1.82) is 0 Å². The number of nitrogens with one attached hydrogen (secondary N) is 1. The highest BCUT2D eigenvalue weighted by atomic mass is 16.3. The predicted molar refractivity (Wildman–Crippen MR) is 73.3 cm³/mol. The minimum Gasteiger partial charge on any atom is -0.441 e. The Balaban J connectivity index is 2.07. The molecule has 0 radical (unpaired) electrons. The third-order valence-corrected chi connectivity index (χ3v) is 3.19. The lowest BCUT2D eigenvalue weighted by atomic mass is 10.0. The molecule has 1 aromatic heterocycles. The van der Waals surface area contributed by atoms with E-state index in [0.717, 1.165) is 17.6 Å². The highest BCUT2D eigenvalue weighted by molar-refractivity contribution is 5.73. The Labute approximate surface area is 108 Å². The van der Waals surface area contributed by atoms with Gasteiger partial charge in [-0.15, -0.1) is 0 Å². The van der Waals surface area contributed by atoms with E-state index in [1.54, 1.807) is 0 Å². The van der Waals surface area contributed by atoms with Gasteiger partial charge >= 0.3 is 0 Å². The molecule has 0 aliphatic rings. The monoisotopic (exact) mass is 247 g/mol. The van der Waals surface area contributed by atoms with Crippen LogP contribution in [-0.4, -0.2) is 17.6 Å². The summed E-state index contributed by atoms with van der Waals surface area (Å²) in [6.07, 6.45) is 0. The highest BCUT2D eigenvalue weighted by Crippen LogP contribution is 2.16. The largest absolute Gasteiger partial charge is 0.441 e. The van der Waals surface area contributed by atoms with Crippen molar-refractivity contribution >= 4 is 11.1 Å². The lowest BCUT2D eigenvalue weighted by molar-refractivity contribution is 0.405. The van der Waals surface area contributed by atoms with Gasteiger partial charge in [0.05, 0.1) is 0 Å². The van der Waals surface area contributed by atoms with Crippen molar-refractivity contribution in [2.24, 2.45) is 11.7 Å². The molecule has 18 heavy (non-hydrogen) atoms. The quantitative estimate of drug-likeness (QED) is 0.850. The molecule has 3 N–H and O–H groups in total. The molecule has 2 rings (SSSR count). The number of nitrogens with zero attached hydrogens (tertiary/aromatic N) is 1. The number of benzene rings is 1. The first-order valence-corrected chi connectivity index (χ1v) is 6.39. The molecule has 0 aliphatic heterocycles. The first kappa shape index (κ1) is 13.1. The van der Waals surface area contributed by atoms with Crippen molar-refractivity contribution in [2.45, 2.75) is 33.4 Å². The zero-order valence-electron chi connectivity index (χ0n) is 11.2. The van der Waals surface area contributed by atoms with E-state index in [1.807, 2.05) is 13.0 Å². The number of hydrogen-bond donors (Lipinski definition) is 2. The average molecular weight is 247 g/mol. The number of nitrogens with two attached hydrogens (primary N) is 1. The Morgan fingerprint density at radius 3 is 2.83 bits per heavy atom. The van der Waals surface area contributed by atoms with Gasteiger partial charge in [-0.3, -0.25) is 0 Å². The number of fused-ring (bicyclic) bond motifs is 1. The van der Waals surface area contributed by atoms with Gasteiger partial charge in [-0.25, -0.2) is 4.98 Å². The van der Waals surface area contributed by atoms with Gasteiger partial charge in [-0.05, 0) is 23.6 Å². The lowest BCUT2D eigenvalue weighted by Crippen LogP contribution is -2.39. The third kappa shape index (κ3) is 2.89. The Hall–Kier alpha value is -1.39. The van der Waals surface area contributed by atoms with E-state index in [2.05, 4.69) is 36.3 Å². The Morgan fingerprint density at radius 2 is 2.17 bits per heavy atom. The maximum atomic E-state index is 5.74. The fraction of sp³-hybridized carbons (Fsp3) is 0.500. The molecule has 1 atom stereocenters. The molecule has 1 unspecified atom stereocenters. The van der Waals surface area contributed by atoms with Crippen LogP contribution in [0, 0.1) is 12.8 Å². The molecule has 1 aromatic carbocycles. The second kappa shape index (κ2) is 5.50. The van der Waals surface area contributed by atoms with Crippen LogP contribution in [0.1, 0.15) is 25.3 Å². The van der Waals surface area contributed by atoms with E-state index < -0.39 is 0 Å². The van der Waals surface area contributed by atoms with E-state index in [4.69, 9.17) is 10.2 Å². The van der Waals surface area contributed by atoms with E-state index in [9.17, 15) is 0 Å². The Morgan fingerprint density at radius 1 is 1.39 bits per heavy atom. The van der Waals surface area contributed by atoms with Crippen LogP contribution in [0.3, 0.4) is 0 Å². The molecule has 4 nitrogen and oxygen atoms in total. The van der Waals surface area contributed by atoms with Crippen molar-refractivity contribution in [1.82, 2.24) is 10.3 Å². The summed E-state index contributed by atoms with van der Waals surface area (Å²) in [5, 5.41) is 3.47. The van der Waals surface area contributed by atoms with Crippen LogP contribution in [0.5, 0.6) is 0 Å². The van der Waals surface area contributed by atoms with Gasteiger partial charge in [0.15, 0.2) is 11.5 Å². The average Bonchev–Trinajstić information content (AvgIpc) is 2.68. The van der Waals surface area contributed by atoms with Gasteiger partial charge in [-0.2, -0.15) is 0 Å². The fourth-order valence-electron chi connectivity index (χ4n) is 2.04. The molecule has 2 aromatic rings. The molecule has 0 bridgehead atoms. The summed E-state index contributed by atoms with van der Waals surface area (Å²) in [5.41, 5.74) is 8.71. The fourth-order valence-corrected chi connectivity index (χ4v) is 2.04. The van der Waals surface area contributed by atoms with Crippen LogP contribution in [0.15, 0.2) is 22.6 Å². The van der Waals surface area contributed by atoms with Crippen LogP contribution in [-0.2, 0) is 6.54 Å². The second-order valence-electron chi connectivity index (χ2n) is 5.00. The number of aromatic nitrogens is 1. The lowest BCUT2D eigenvalue weighted by Gasteiger charge is -2.20. The molecule has 4 heteroatoms. The maximum Gasteiger partial charge on any atom is 0.192 e. The maximum absolute atomic E-state index is 5.74. The molecule has 0 saturated heterocycles. The van der Waals surface area contributed by atoms with Gasteiger partial charge in [0.2, 0.25) is 0 Å². The molecule has 0 fully saturated rings. The molecule has 0 spiro atoms. The SMILES string of the molecule is Cc1nc2cc(CNC(CN)C(C)C)ccc2o1. The molecule has 1 heterocycles. The van der Waals surface area contributed by atoms with Gasteiger partial charge in [-0.1, -0.05) is 19.9 Å². The summed E-state index contributed by atoms with van der Waals surface area (Å²) in [6.45, 7) is 7.68. The molecular weight excluding hydrogens is 226 g/mol. The van der Waals surface area contributed by atoms with Crippen LogP contribution >= 0.6 is 0 Å². The van der Waals surface area contributed by atoms with Gasteiger partial charge in [0, 0.05) is 26.1 Å². The first-order chi connectivity index (χ1) is 8.60. The van der Waals surface area contributed by atoms with Crippen LogP contribution in [0.4, 0.5) is 0 Å². The van der Waals surface area contributed by atoms with E-state index in [-0.39, 0.29) is 0 Å². The minimum atomic E-state index is 0.347. The molecule has 0 saturated carbocycles. The van der Waals surface area contributed by atoms with Crippen molar-refractivity contribution in [3.63, 3.8) is 0 Å². The predicted octanol–water partition coefficient (Wildman–Crippen LogP) is 2.21. The third-order valence-electron chi connectivity index (χ3n) is 3.19. The second-order valence-corrected chi connectivity index (χ2v) is 5.00. The van der Waals surface area contributed by atoms with Gasteiger partial charge in [0.25, 0.3) is 0 Å². The van der Waals surface area contributed by atoms with E-state index in [0.29, 0.717) is 24.4 Å². The molecule has 98 valence electrons. The van der Waals surface area contributed by atoms with Crippen LogP contribution < -0.4 is 11.1 Å². The summed E-state index contributed by atoms with van der Waals surface area (Å²) in [7, 11) is 0. The van der Waals surface area contributed by atoms with Crippen molar-refractivity contribution in [3.05, 3.63) is 29.7 Å². The number of rotatable bonds is 5. The summed E-state index contributed by atoms with van der Waals surface area (Å²) in [4.78, 5) is 4.34. The molecular formula is C14H21N3O. The van der Waals surface area contributed by atoms with E-state index in [1.165, 1.54) is 5.56 Å². The molecule has 0 aliphatic carbocycles. The topological polar surface area (TPSA) is 64.1 Å². The normalized spacial score (nSPS) is 13.4. The summed E-state index contributed by atoms with van der Waals surface area (Å²) in [6, 6.07) is 6.44. The zero-order chi connectivity index (χ0) is 13.1. The van der Waals surface area contributed by atoms with Crippen molar-refractivity contribution in [2.75, 3.05) is 6.54 Å².